The van der Waals surface area contributed by atoms with Crippen LogP contribution in [0.4, 0.5) is 0 Å². The number of amides is 1. The molecule has 0 aromatic carbocycles. The first-order valence-electron chi connectivity index (χ1n) is 13.5. The average molecular weight is 632 g/mol. The molecule has 0 aromatic rings. The van der Waals surface area contributed by atoms with Gasteiger partial charge in [-0.15, -0.1) is 0 Å². The molecule has 0 spiro atoms. The molecular weight excluding hydrogens is 590 g/mol. The van der Waals surface area contributed by atoms with Crippen molar-refractivity contribution in [1.29, 1.82) is 0 Å². The van der Waals surface area contributed by atoms with E-state index in [1.54, 1.807) is 0 Å². The summed E-state index contributed by atoms with van der Waals surface area (Å²) >= 11 is 0. The third-order valence-corrected chi connectivity index (χ3v) is 7.73. The SMILES string of the molecule is CC(=O)N[C@H]1C([C@H](O)[C@H](O)CO)O[C@@](O[C@@H]2[C@H](O)C(O[C@@H]3C(CO)OC(C)C(O)[C@@H]3O)OC(CO)[C@@H]2O)(C(=O)O)C[C@H]1O. The van der Waals surface area contributed by atoms with Crippen LogP contribution >= 0.6 is 0 Å². The second-order valence-corrected chi connectivity index (χ2v) is 10.8. The van der Waals surface area contributed by atoms with Crippen molar-refractivity contribution in [1.82, 2.24) is 5.32 Å². The summed E-state index contributed by atoms with van der Waals surface area (Å²) < 4.78 is 27.5. The van der Waals surface area contributed by atoms with Gasteiger partial charge in [-0.2, -0.15) is 0 Å². The lowest BCUT2D eigenvalue weighted by molar-refractivity contribution is -0.381. The second-order valence-electron chi connectivity index (χ2n) is 10.8. The molecule has 0 aromatic heterocycles. The molecule has 1 amide bonds. The number of aliphatic hydroxyl groups is 10. The number of aliphatic carboxylic acids is 1. The van der Waals surface area contributed by atoms with Crippen molar-refractivity contribution in [2.75, 3.05) is 19.8 Å². The number of ether oxygens (including phenoxy) is 5. The van der Waals surface area contributed by atoms with Crippen LogP contribution < -0.4 is 5.32 Å². The molecule has 3 aliphatic heterocycles. The van der Waals surface area contributed by atoms with Crippen LogP contribution in [0.1, 0.15) is 20.3 Å². The number of nitrogens with one attached hydrogen (secondary N) is 1. The summed E-state index contributed by atoms with van der Waals surface area (Å²) in [6.45, 7) is -0.199. The van der Waals surface area contributed by atoms with Crippen molar-refractivity contribution in [3.05, 3.63) is 0 Å². The standard InChI is InChI=1S/C24H41NO18/c1-7-14(32)17(35)19(12(6-28)39-7)41-22-18(36)21(16(34)11(5-27)40-22)43-24(23(37)38)3-9(30)13(25-8(2)29)20(42-24)15(33)10(31)4-26/h7,9-22,26-28,30-36H,3-6H2,1-2H3,(H,25,29)(H,37,38)/t7?,9-,10-,11?,12?,13-,14?,15-,16+,17+,18+,19-,20?,21+,22?,24+/m1/s1. The van der Waals surface area contributed by atoms with E-state index in [9.17, 15) is 65.8 Å². The van der Waals surface area contributed by atoms with Crippen molar-refractivity contribution in [3.8, 4) is 0 Å². The number of carboxylic acids is 1. The number of carbonyl (C=O) groups excluding carboxylic acids is 1. The van der Waals surface area contributed by atoms with Gasteiger partial charge in [0.05, 0.1) is 38.1 Å². The lowest BCUT2D eigenvalue weighted by Gasteiger charge is -2.50. The van der Waals surface area contributed by atoms with Crippen LogP contribution in [0.3, 0.4) is 0 Å². The van der Waals surface area contributed by atoms with E-state index in [0.29, 0.717) is 0 Å². The molecule has 16 atom stereocenters. The van der Waals surface area contributed by atoms with Gasteiger partial charge in [0.25, 0.3) is 5.79 Å². The topological polar surface area (TPSA) is 315 Å². The molecule has 43 heavy (non-hydrogen) atoms. The van der Waals surface area contributed by atoms with Crippen molar-refractivity contribution in [3.63, 3.8) is 0 Å². The fourth-order valence-corrected chi connectivity index (χ4v) is 5.37. The summed E-state index contributed by atoms with van der Waals surface area (Å²) in [5.41, 5.74) is 0. The van der Waals surface area contributed by atoms with E-state index in [1.165, 1.54) is 6.92 Å². The first-order chi connectivity index (χ1) is 20.1. The van der Waals surface area contributed by atoms with Gasteiger partial charge in [-0.25, -0.2) is 4.79 Å². The first kappa shape index (κ1) is 35.8. The highest BCUT2D eigenvalue weighted by Crippen LogP contribution is 2.38. The Hall–Kier alpha value is -1.66. The van der Waals surface area contributed by atoms with Crippen LogP contribution in [0.15, 0.2) is 0 Å². The van der Waals surface area contributed by atoms with E-state index in [0.717, 1.165) is 6.92 Å². The van der Waals surface area contributed by atoms with E-state index < -0.39 is 136 Å². The predicted octanol–water partition coefficient (Wildman–Crippen LogP) is -7.15. The molecule has 250 valence electrons. The molecular formula is C24H41NO18. The lowest BCUT2D eigenvalue weighted by atomic mass is 9.88. The summed E-state index contributed by atoms with van der Waals surface area (Å²) in [4.78, 5) is 24.3. The molecule has 3 fully saturated rings. The van der Waals surface area contributed by atoms with Gasteiger partial charge >= 0.3 is 5.97 Å². The Labute approximate surface area is 244 Å². The average Bonchev–Trinajstić information content (AvgIpc) is 2.96. The molecule has 19 nitrogen and oxygen atoms in total. The number of hydrogen-bond acceptors (Lipinski definition) is 17. The zero-order valence-corrected chi connectivity index (χ0v) is 23.3. The minimum absolute atomic E-state index is 0.708. The molecule has 3 rings (SSSR count). The Kier molecular flexibility index (Phi) is 12.2. The van der Waals surface area contributed by atoms with Crippen LogP contribution in [0, 0.1) is 0 Å². The van der Waals surface area contributed by atoms with E-state index in [-0.39, 0.29) is 0 Å². The van der Waals surface area contributed by atoms with Crippen molar-refractivity contribution < 1.29 is 89.4 Å². The van der Waals surface area contributed by atoms with Gasteiger partial charge in [0.2, 0.25) is 5.91 Å². The highest BCUT2D eigenvalue weighted by Gasteiger charge is 2.60. The number of rotatable bonds is 11. The largest absolute Gasteiger partial charge is 0.477 e. The molecule has 3 heterocycles. The zero-order chi connectivity index (χ0) is 32.4. The second kappa shape index (κ2) is 14.6. The molecule has 12 N–H and O–H groups in total. The summed E-state index contributed by atoms with van der Waals surface area (Å²) in [7, 11) is 0. The third-order valence-electron chi connectivity index (χ3n) is 7.73. The van der Waals surface area contributed by atoms with Crippen molar-refractivity contribution >= 4 is 11.9 Å². The molecule has 3 saturated heterocycles. The van der Waals surface area contributed by atoms with Gasteiger partial charge in [-0.1, -0.05) is 0 Å². The quantitative estimate of drug-likeness (QED) is 0.101. The summed E-state index contributed by atoms with van der Waals surface area (Å²) in [5.74, 6) is -5.67. The minimum atomic E-state index is -2.99. The number of aliphatic hydroxyl groups excluding tert-OH is 10. The van der Waals surface area contributed by atoms with Gasteiger partial charge in [0.15, 0.2) is 6.29 Å². The fourth-order valence-electron chi connectivity index (χ4n) is 5.37. The maximum atomic E-state index is 12.6. The first-order valence-corrected chi connectivity index (χ1v) is 13.5. The van der Waals surface area contributed by atoms with Crippen LogP contribution in [0.25, 0.3) is 0 Å². The van der Waals surface area contributed by atoms with Gasteiger partial charge in [0.1, 0.15) is 67.1 Å². The van der Waals surface area contributed by atoms with Crippen molar-refractivity contribution in [2.24, 2.45) is 0 Å². The number of hydrogen-bond donors (Lipinski definition) is 12. The zero-order valence-electron chi connectivity index (χ0n) is 23.3. The lowest BCUT2D eigenvalue weighted by Crippen LogP contribution is -2.70. The van der Waals surface area contributed by atoms with Crippen molar-refractivity contribution in [2.45, 2.75) is 118 Å². The van der Waals surface area contributed by atoms with Crippen LogP contribution in [-0.4, -0.2) is 185 Å². The Morgan fingerprint density at radius 3 is 2.09 bits per heavy atom. The van der Waals surface area contributed by atoms with Crippen LogP contribution in [0.5, 0.6) is 0 Å². The van der Waals surface area contributed by atoms with E-state index in [4.69, 9.17) is 23.7 Å². The van der Waals surface area contributed by atoms with Crippen LogP contribution in [0.2, 0.25) is 0 Å². The van der Waals surface area contributed by atoms with Gasteiger partial charge in [0, 0.05) is 13.3 Å². The molecule has 3 aliphatic rings. The van der Waals surface area contributed by atoms with E-state index in [2.05, 4.69) is 5.32 Å². The minimum Gasteiger partial charge on any atom is -0.477 e. The van der Waals surface area contributed by atoms with Crippen LogP contribution in [-0.2, 0) is 33.3 Å². The highest BCUT2D eigenvalue weighted by atomic mass is 16.8. The van der Waals surface area contributed by atoms with Gasteiger partial charge < -0.3 is 85.2 Å². The Balaban J connectivity index is 1.94. The van der Waals surface area contributed by atoms with E-state index >= 15 is 0 Å². The monoisotopic (exact) mass is 631 g/mol. The summed E-state index contributed by atoms with van der Waals surface area (Å²) in [5, 5.41) is 115. The molecule has 0 saturated carbocycles. The predicted molar refractivity (Wildman–Crippen MR) is 134 cm³/mol. The fraction of sp³-hybridized carbons (Fsp3) is 0.917. The molecule has 0 radical (unpaired) electrons. The molecule has 6 unspecified atom stereocenters. The summed E-state index contributed by atoms with van der Waals surface area (Å²) in [6.07, 6.45) is -25.3. The van der Waals surface area contributed by atoms with Gasteiger partial charge in [-0.3, -0.25) is 4.79 Å². The molecule has 19 heteroatoms. The number of carbonyl (C=O) groups is 2. The number of carboxylic acid groups (broad SMARTS) is 1. The Morgan fingerprint density at radius 1 is 0.930 bits per heavy atom. The van der Waals surface area contributed by atoms with Gasteiger partial charge in [-0.05, 0) is 6.92 Å². The Morgan fingerprint density at radius 2 is 1.56 bits per heavy atom. The normalized spacial score (nSPS) is 45.3. The summed E-state index contributed by atoms with van der Waals surface area (Å²) in [6, 6.07) is -1.52. The third kappa shape index (κ3) is 7.43. The smallest absolute Gasteiger partial charge is 0.364 e. The maximum Gasteiger partial charge on any atom is 0.364 e. The maximum absolute atomic E-state index is 12.6. The Bertz CT molecular complexity index is 942. The highest BCUT2D eigenvalue weighted by molar-refractivity contribution is 5.76. The van der Waals surface area contributed by atoms with E-state index in [1.807, 2.05) is 0 Å². The molecule has 0 aliphatic carbocycles. The molecule has 0 bridgehead atoms.